The normalized spacial score (nSPS) is 23.0. The van der Waals surface area contributed by atoms with Crippen molar-refractivity contribution >= 4 is 5.97 Å². The molecule has 1 N–H and O–H groups in total. The highest BCUT2D eigenvalue weighted by Gasteiger charge is 2.31. The Morgan fingerprint density at radius 2 is 2.21 bits per heavy atom. The maximum Gasteiger partial charge on any atom is 0.306 e. The zero-order chi connectivity index (χ0) is 10.8. The Kier molecular flexibility index (Phi) is 3.50. The molecule has 1 fully saturated rings. The minimum absolute atomic E-state index is 0.0579. The summed E-state index contributed by atoms with van der Waals surface area (Å²) in [4.78, 5) is 11.2. The van der Waals surface area contributed by atoms with Gasteiger partial charge in [0, 0.05) is 6.42 Å². The number of epoxide rings is 1. The number of aliphatic hydroxyl groups excluding tert-OH is 1. The number of rotatable bonds is 4. The molecule has 0 aromatic carbocycles. The van der Waals surface area contributed by atoms with Crippen LogP contribution in [0.25, 0.3) is 0 Å². The quantitative estimate of drug-likeness (QED) is 0.543. The Hall–Kier alpha value is -0.610. The van der Waals surface area contributed by atoms with Gasteiger partial charge < -0.3 is 14.6 Å². The highest BCUT2D eigenvalue weighted by atomic mass is 16.6. The van der Waals surface area contributed by atoms with Crippen LogP contribution in [0.3, 0.4) is 0 Å². The van der Waals surface area contributed by atoms with Gasteiger partial charge in [-0.1, -0.05) is 0 Å². The molecule has 0 aliphatic carbocycles. The largest absolute Gasteiger partial charge is 0.460 e. The van der Waals surface area contributed by atoms with E-state index in [-0.39, 0.29) is 18.5 Å². The Labute approximate surface area is 84.2 Å². The summed E-state index contributed by atoms with van der Waals surface area (Å²) < 4.78 is 10.00. The van der Waals surface area contributed by atoms with E-state index in [2.05, 4.69) is 0 Å². The molecule has 0 radical (unpaired) electrons. The van der Waals surface area contributed by atoms with Gasteiger partial charge in [0.25, 0.3) is 0 Å². The van der Waals surface area contributed by atoms with Crippen molar-refractivity contribution in [2.45, 2.75) is 51.4 Å². The van der Waals surface area contributed by atoms with Crippen molar-refractivity contribution in [2.75, 3.05) is 6.61 Å². The van der Waals surface area contributed by atoms with E-state index in [0.717, 1.165) is 0 Å². The summed E-state index contributed by atoms with van der Waals surface area (Å²) in [6.45, 7) is 6.08. The molecule has 1 aliphatic rings. The molecule has 1 aliphatic heterocycles. The first-order chi connectivity index (χ1) is 6.38. The number of hydrogen-bond acceptors (Lipinski definition) is 4. The lowest BCUT2D eigenvalue weighted by atomic mass is 10.1. The third-order valence-electron chi connectivity index (χ3n) is 1.85. The minimum atomic E-state index is -0.525. The predicted octanol–water partition coefficient (Wildman–Crippen LogP) is 0.868. The lowest BCUT2D eigenvalue weighted by Gasteiger charge is -2.19. The molecule has 1 rings (SSSR count). The zero-order valence-corrected chi connectivity index (χ0v) is 8.95. The maximum atomic E-state index is 11.2. The van der Waals surface area contributed by atoms with Gasteiger partial charge in [-0.15, -0.1) is 0 Å². The smallest absolute Gasteiger partial charge is 0.306 e. The molecule has 1 saturated heterocycles. The monoisotopic (exact) mass is 202 g/mol. The molecular weight excluding hydrogens is 184 g/mol. The first-order valence-corrected chi connectivity index (χ1v) is 4.90. The lowest BCUT2D eigenvalue weighted by molar-refractivity contribution is -0.155. The molecule has 2 atom stereocenters. The molecule has 0 aromatic rings. The summed E-state index contributed by atoms with van der Waals surface area (Å²) in [6, 6.07) is 0. The molecule has 14 heavy (non-hydrogen) atoms. The molecule has 4 nitrogen and oxygen atoms in total. The predicted molar refractivity (Wildman–Crippen MR) is 50.8 cm³/mol. The van der Waals surface area contributed by atoms with Crippen molar-refractivity contribution in [3.8, 4) is 0 Å². The van der Waals surface area contributed by atoms with Crippen molar-refractivity contribution < 1.29 is 19.4 Å². The summed E-state index contributed by atoms with van der Waals surface area (Å²) in [6.07, 6.45) is 0.0812. The molecule has 0 amide bonds. The van der Waals surface area contributed by atoms with Crippen molar-refractivity contribution in [1.82, 2.24) is 0 Å². The summed E-state index contributed by atoms with van der Waals surface area (Å²) in [5.74, 6) is -0.266. The maximum absolute atomic E-state index is 11.2. The van der Waals surface area contributed by atoms with Gasteiger partial charge in [0.05, 0.1) is 12.7 Å². The second-order valence-corrected chi connectivity index (χ2v) is 4.56. The van der Waals surface area contributed by atoms with Crippen LogP contribution in [0.4, 0.5) is 0 Å². The number of esters is 1. The molecule has 0 spiro atoms. The van der Waals surface area contributed by atoms with E-state index in [4.69, 9.17) is 9.47 Å². The van der Waals surface area contributed by atoms with Crippen LogP contribution in [0.15, 0.2) is 0 Å². The van der Waals surface area contributed by atoms with Crippen molar-refractivity contribution in [1.29, 1.82) is 0 Å². The average molecular weight is 202 g/mol. The SMILES string of the molecule is CC(C)(C)OC(=O)CCC(O)[C@@H]1CO1. The molecule has 0 saturated carbocycles. The van der Waals surface area contributed by atoms with Gasteiger partial charge in [0.15, 0.2) is 0 Å². The summed E-state index contributed by atoms with van der Waals surface area (Å²) in [7, 11) is 0. The van der Waals surface area contributed by atoms with Gasteiger partial charge in [0.2, 0.25) is 0 Å². The highest BCUT2D eigenvalue weighted by Crippen LogP contribution is 2.18. The third kappa shape index (κ3) is 4.58. The van der Waals surface area contributed by atoms with Gasteiger partial charge in [0.1, 0.15) is 11.7 Å². The number of carbonyl (C=O) groups is 1. The third-order valence-corrected chi connectivity index (χ3v) is 1.85. The van der Waals surface area contributed by atoms with Gasteiger partial charge >= 0.3 is 5.97 Å². The van der Waals surface area contributed by atoms with E-state index in [0.29, 0.717) is 13.0 Å². The lowest BCUT2D eigenvalue weighted by Crippen LogP contribution is -2.25. The van der Waals surface area contributed by atoms with Gasteiger partial charge in [-0.2, -0.15) is 0 Å². The molecular formula is C10H18O4. The summed E-state index contributed by atoms with van der Waals surface area (Å²) in [5, 5.41) is 9.40. The van der Waals surface area contributed by atoms with Crippen LogP contribution in [0.1, 0.15) is 33.6 Å². The molecule has 1 heterocycles. The van der Waals surface area contributed by atoms with Crippen LogP contribution in [0, 0.1) is 0 Å². The summed E-state index contributed by atoms with van der Waals surface area (Å²) >= 11 is 0. The highest BCUT2D eigenvalue weighted by molar-refractivity contribution is 5.69. The molecule has 0 bridgehead atoms. The van der Waals surface area contributed by atoms with Crippen LogP contribution in [-0.4, -0.2) is 35.5 Å². The van der Waals surface area contributed by atoms with E-state index >= 15 is 0 Å². The van der Waals surface area contributed by atoms with E-state index in [1.807, 2.05) is 20.8 Å². The topological polar surface area (TPSA) is 59.1 Å². The fraction of sp³-hybridized carbons (Fsp3) is 0.900. The van der Waals surface area contributed by atoms with Crippen molar-refractivity contribution in [3.63, 3.8) is 0 Å². The Morgan fingerprint density at radius 1 is 1.64 bits per heavy atom. The van der Waals surface area contributed by atoms with E-state index < -0.39 is 11.7 Å². The minimum Gasteiger partial charge on any atom is -0.460 e. The molecule has 0 aromatic heterocycles. The fourth-order valence-corrected chi connectivity index (χ4v) is 1.12. The number of hydrogen-bond donors (Lipinski definition) is 1. The zero-order valence-electron chi connectivity index (χ0n) is 8.95. The first kappa shape index (κ1) is 11.5. The first-order valence-electron chi connectivity index (χ1n) is 4.90. The van der Waals surface area contributed by atoms with Crippen LogP contribution in [0.2, 0.25) is 0 Å². The summed E-state index contributed by atoms with van der Waals surface area (Å²) in [5.41, 5.74) is -0.446. The van der Waals surface area contributed by atoms with Gasteiger partial charge in [-0.05, 0) is 27.2 Å². The van der Waals surface area contributed by atoms with Gasteiger partial charge in [-0.25, -0.2) is 0 Å². The van der Waals surface area contributed by atoms with Crippen LogP contribution < -0.4 is 0 Å². The van der Waals surface area contributed by atoms with Gasteiger partial charge in [-0.3, -0.25) is 4.79 Å². The number of aliphatic hydroxyl groups is 1. The van der Waals surface area contributed by atoms with E-state index in [1.54, 1.807) is 0 Å². The molecule has 82 valence electrons. The Bertz CT molecular complexity index is 203. The van der Waals surface area contributed by atoms with Crippen LogP contribution in [-0.2, 0) is 14.3 Å². The van der Waals surface area contributed by atoms with Crippen LogP contribution >= 0.6 is 0 Å². The van der Waals surface area contributed by atoms with E-state index in [9.17, 15) is 9.90 Å². The number of ether oxygens (including phenoxy) is 2. The second-order valence-electron chi connectivity index (χ2n) is 4.56. The fourth-order valence-electron chi connectivity index (χ4n) is 1.12. The Morgan fingerprint density at radius 3 is 2.64 bits per heavy atom. The number of carbonyl (C=O) groups excluding carboxylic acids is 1. The molecule has 4 heteroatoms. The van der Waals surface area contributed by atoms with Crippen molar-refractivity contribution in [2.24, 2.45) is 0 Å². The standard InChI is InChI=1S/C10H18O4/c1-10(2,3)14-9(12)5-4-7(11)8-6-13-8/h7-8,11H,4-6H2,1-3H3/t7?,8-/m0/s1. The van der Waals surface area contributed by atoms with Crippen LogP contribution in [0.5, 0.6) is 0 Å². The molecule has 1 unspecified atom stereocenters. The van der Waals surface area contributed by atoms with E-state index in [1.165, 1.54) is 0 Å². The average Bonchev–Trinajstić information content (AvgIpc) is 2.78. The second kappa shape index (κ2) is 4.28. The van der Waals surface area contributed by atoms with Crippen molar-refractivity contribution in [3.05, 3.63) is 0 Å². The Balaban J connectivity index is 2.14.